The van der Waals surface area contributed by atoms with Gasteiger partial charge < -0.3 is 5.73 Å². The SMILES string of the molecule is C=CN.C=CS(=O)(=O)O. The summed E-state index contributed by atoms with van der Waals surface area (Å²) in [5, 5.41) is 0.465. The van der Waals surface area contributed by atoms with Crippen molar-refractivity contribution in [3.63, 3.8) is 0 Å². The van der Waals surface area contributed by atoms with Crippen LogP contribution in [0.5, 0.6) is 0 Å². The third-order valence-corrected chi connectivity index (χ3v) is 0.632. The quantitative estimate of drug-likeness (QED) is 0.521. The van der Waals surface area contributed by atoms with Crippen LogP contribution in [0.2, 0.25) is 0 Å². The van der Waals surface area contributed by atoms with Gasteiger partial charge in [-0.15, -0.1) is 0 Å². The highest BCUT2D eigenvalue weighted by Crippen LogP contribution is 1.75. The topological polar surface area (TPSA) is 80.4 Å². The molecule has 5 heteroatoms. The van der Waals surface area contributed by atoms with E-state index in [1.54, 1.807) is 0 Å². The smallest absolute Gasteiger partial charge is 0.287 e. The molecule has 0 bridgehead atoms. The molecule has 0 heterocycles. The van der Waals surface area contributed by atoms with Crippen molar-refractivity contribution in [3.05, 3.63) is 24.8 Å². The highest BCUT2D eigenvalue weighted by molar-refractivity contribution is 7.88. The molecule has 0 radical (unpaired) electrons. The highest BCUT2D eigenvalue weighted by atomic mass is 32.2. The van der Waals surface area contributed by atoms with Crippen molar-refractivity contribution in [2.75, 3.05) is 0 Å². The average Bonchev–Trinajstić information content (AvgIpc) is 1.67. The Hall–Kier alpha value is -0.810. The maximum Gasteiger partial charge on any atom is 0.287 e. The van der Waals surface area contributed by atoms with Gasteiger partial charge in [-0.25, -0.2) is 0 Å². The van der Waals surface area contributed by atoms with Crippen LogP contribution in [0.3, 0.4) is 0 Å². The third-order valence-electron chi connectivity index (χ3n) is 0.211. The molecular weight excluding hydrogens is 142 g/mol. The minimum Gasteiger partial charge on any atom is -0.405 e. The Kier molecular flexibility index (Phi) is 6.54. The van der Waals surface area contributed by atoms with Gasteiger partial charge in [0.25, 0.3) is 10.1 Å². The molecule has 0 rings (SSSR count). The van der Waals surface area contributed by atoms with E-state index in [-0.39, 0.29) is 0 Å². The van der Waals surface area contributed by atoms with Gasteiger partial charge in [0, 0.05) is 0 Å². The van der Waals surface area contributed by atoms with Crippen molar-refractivity contribution < 1.29 is 13.0 Å². The molecule has 0 aliphatic heterocycles. The first kappa shape index (κ1) is 11.0. The summed E-state index contributed by atoms with van der Waals surface area (Å²) in [6, 6.07) is 0. The van der Waals surface area contributed by atoms with E-state index in [9.17, 15) is 8.42 Å². The Morgan fingerprint density at radius 1 is 1.44 bits per heavy atom. The second kappa shape index (κ2) is 5.33. The fourth-order valence-electron chi connectivity index (χ4n) is 0. The van der Waals surface area contributed by atoms with Crippen LogP contribution in [0.15, 0.2) is 24.8 Å². The number of hydrogen-bond donors (Lipinski definition) is 2. The molecule has 54 valence electrons. The number of hydrogen-bond acceptors (Lipinski definition) is 3. The summed E-state index contributed by atoms with van der Waals surface area (Å²) in [6.45, 7) is 5.93. The van der Waals surface area contributed by atoms with Crippen molar-refractivity contribution in [1.82, 2.24) is 0 Å². The Morgan fingerprint density at radius 3 is 1.56 bits per heavy atom. The molecule has 0 aromatic heterocycles. The van der Waals surface area contributed by atoms with Crippen molar-refractivity contribution >= 4 is 10.1 Å². The predicted octanol–water partition coefficient (Wildman–Crippen LogP) is 0.106. The maximum atomic E-state index is 9.44. The molecule has 0 spiro atoms. The third kappa shape index (κ3) is 40.4. The Balaban J connectivity index is 0. The van der Waals surface area contributed by atoms with Crippen LogP contribution >= 0.6 is 0 Å². The average molecular weight is 151 g/mol. The van der Waals surface area contributed by atoms with Crippen LogP contribution < -0.4 is 5.73 Å². The van der Waals surface area contributed by atoms with E-state index in [1.807, 2.05) is 0 Å². The molecule has 0 fully saturated rings. The lowest BCUT2D eigenvalue weighted by molar-refractivity contribution is 0.494. The lowest BCUT2D eigenvalue weighted by atomic mass is 11.1. The first-order valence-electron chi connectivity index (χ1n) is 1.90. The fraction of sp³-hybridized carbons (Fsp3) is 0. The minimum absolute atomic E-state index is 0.465. The van der Waals surface area contributed by atoms with Crippen LogP contribution in [-0.4, -0.2) is 13.0 Å². The van der Waals surface area contributed by atoms with Gasteiger partial charge >= 0.3 is 0 Å². The summed E-state index contributed by atoms with van der Waals surface area (Å²) in [5.41, 5.74) is 4.61. The van der Waals surface area contributed by atoms with E-state index in [2.05, 4.69) is 18.9 Å². The Labute approximate surface area is 54.4 Å². The molecular formula is C4H9NO3S. The second-order valence-electron chi connectivity index (χ2n) is 0.917. The van der Waals surface area contributed by atoms with E-state index in [1.165, 1.54) is 6.20 Å². The number of rotatable bonds is 1. The van der Waals surface area contributed by atoms with E-state index >= 15 is 0 Å². The van der Waals surface area contributed by atoms with Crippen LogP contribution in [0, 0.1) is 0 Å². The summed E-state index contributed by atoms with van der Waals surface area (Å²) >= 11 is 0. The fourth-order valence-corrected chi connectivity index (χ4v) is 0. The molecule has 3 N–H and O–H groups in total. The zero-order valence-electron chi connectivity index (χ0n) is 4.82. The van der Waals surface area contributed by atoms with Crippen molar-refractivity contribution in [2.45, 2.75) is 0 Å². The van der Waals surface area contributed by atoms with Gasteiger partial charge in [-0.05, 0) is 6.20 Å². The van der Waals surface area contributed by atoms with E-state index in [0.29, 0.717) is 5.41 Å². The predicted molar refractivity (Wildman–Crippen MR) is 36.1 cm³/mol. The maximum absolute atomic E-state index is 9.44. The zero-order chi connectivity index (χ0) is 7.91. The van der Waals surface area contributed by atoms with Crippen molar-refractivity contribution in [2.24, 2.45) is 5.73 Å². The molecule has 0 aliphatic carbocycles. The van der Waals surface area contributed by atoms with Gasteiger partial charge in [-0.1, -0.05) is 13.2 Å². The summed E-state index contributed by atoms with van der Waals surface area (Å²) in [4.78, 5) is 0. The summed E-state index contributed by atoms with van der Waals surface area (Å²) in [7, 11) is -3.90. The largest absolute Gasteiger partial charge is 0.405 e. The molecule has 0 saturated carbocycles. The molecule has 0 unspecified atom stereocenters. The van der Waals surface area contributed by atoms with Gasteiger partial charge in [0.1, 0.15) is 0 Å². The summed E-state index contributed by atoms with van der Waals surface area (Å²) < 4.78 is 26.6. The lowest BCUT2D eigenvalue weighted by Gasteiger charge is -1.73. The molecule has 0 aromatic carbocycles. The Morgan fingerprint density at radius 2 is 1.56 bits per heavy atom. The molecule has 0 aromatic rings. The summed E-state index contributed by atoms with van der Waals surface area (Å²) in [6.07, 6.45) is 1.25. The molecule has 9 heavy (non-hydrogen) atoms. The summed E-state index contributed by atoms with van der Waals surface area (Å²) in [5.74, 6) is 0. The molecule has 0 aliphatic rings. The standard InChI is InChI=1S/C2H5N.C2H4O3S/c1-2-3;1-2-6(3,4)5/h2H,1,3H2;2H,1H2,(H,3,4,5). The lowest BCUT2D eigenvalue weighted by Crippen LogP contribution is -1.86. The monoisotopic (exact) mass is 151 g/mol. The highest BCUT2D eigenvalue weighted by Gasteiger charge is 1.87. The normalized spacial score (nSPS) is 8.56. The molecule has 0 saturated heterocycles. The van der Waals surface area contributed by atoms with E-state index in [0.717, 1.165) is 0 Å². The molecule has 0 amide bonds. The van der Waals surface area contributed by atoms with Crippen LogP contribution in [0.25, 0.3) is 0 Å². The van der Waals surface area contributed by atoms with E-state index < -0.39 is 10.1 Å². The second-order valence-corrected chi connectivity index (χ2v) is 2.28. The van der Waals surface area contributed by atoms with Gasteiger partial charge in [-0.3, -0.25) is 4.55 Å². The zero-order valence-corrected chi connectivity index (χ0v) is 5.63. The van der Waals surface area contributed by atoms with Gasteiger partial charge in [-0.2, -0.15) is 8.42 Å². The van der Waals surface area contributed by atoms with Crippen LogP contribution in [0.4, 0.5) is 0 Å². The van der Waals surface area contributed by atoms with Gasteiger partial charge in [0.15, 0.2) is 0 Å². The van der Waals surface area contributed by atoms with Crippen LogP contribution in [-0.2, 0) is 10.1 Å². The molecule has 4 nitrogen and oxygen atoms in total. The van der Waals surface area contributed by atoms with Crippen molar-refractivity contribution in [1.29, 1.82) is 0 Å². The Bertz CT molecular complexity index is 159. The van der Waals surface area contributed by atoms with E-state index in [4.69, 9.17) is 4.55 Å². The number of nitrogens with two attached hydrogens (primary N) is 1. The van der Waals surface area contributed by atoms with Crippen molar-refractivity contribution in [3.8, 4) is 0 Å². The minimum atomic E-state index is -3.90. The molecule has 0 atom stereocenters. The first-order valence-corrected chi connectivity index (χ1v) is 3.40. The van der Waals surface area contributed by atoms with Gasteiger partial charge in [0.2, 0.25) is 0 Å². The van der Waals surface area contributed by atoms with Gasteiger partial charge in [0.05, 0.1) is 5.41 Å². The van der Waals surface area contributed by atoms with Crippen LogP contribution in [0.1, 0.15) is 0 Å². The first-order chi connectivity index (χ1) is 3.97.